The molecule has 0 bridgehead atoms. The Morgan fingerprint density at radius 3 is 2.04 bits per heavy atom. The lowest BCUT2D eigenvalue weighted by molar-refractivity contribution is 1.15. The summed E-state index contributed by atoms with van der Waals surface area (Å²) in [5.74, 6) is 6.69. The van der Waals surface area contributed by atoms with Crippen molar-refractivity contribution >= 4 is 17.3 Å². The van der Waals surface area contributed by atoms with E-state index in [1.807, 2.05) is 61.6 Å². The molecule has 0 fully saturated rings. The van der Waals surface area contributed by atoms with Crippen molar-refractivity contribution in [2.45, 2.75) is 0 Å². The molecule has 112 valence electrons. The summed E-state index contributed by atoms with van der Waals surface area (Å²) < 4.78 is 0. The summed E-state index contributed by atoms with van der Waals surface area (Å²) in [4.78, 5) is 8.62. The third-order valence-electron chi connectivity index (χ3n) is 3.22. The number of para-hydroxylation sites is 2. The van der Waals surface area contributed by atoms with Crippen LogP contribution in [-0.4, -0.2) is 17.0 Å². The zero-order valence-corrected chi connectivity index (χ0v) is 12.7. The van der Waals surface area contributed by atoms with Gasteiger partial charge in [-0.25, -0.2) is 9.97 Å². The molecule has 0 spiro atoms. The van der Waals surface area contributed by atoms with Crippen LogP contribution in [0.4, 0.5) is 17.3 Å². The van der Waals surface area contributed by atoms with Gasteiger partial charge in [0.2, 0.25) is 5.95 Å². The average Bonchev–Trinajstić information content (AvgIpc) is 2.62. The molecule has 0 amide bonds. The fraction of sp³-hybridized carbons (Fsp3) is 0.0526. The van der Waals surface area contributed by atoms with Crippen LogP contribution in [0.1, 0.15) is 11.1 Å². The Balaban J connectivity index is 1.74. The van der Waals surface area contributed by atoms with Crippen LogP contribution in [-0.2, 0) is 0 Å². The molecule has 0 saturated heterocycles. The highest BCUT2D eigenvalue weighted by Gasteiger charge is 2.01. The van der Waals surface area contributed by atoms with Gasteiger partial charge in [0.05, 0.1) is 16.9 Å². The Hall–Kier alpha value is -3.32. The van der Waals surface area contributed by atoms with Crippen molar-refractivity contribution in [1.82, 2.24) is 9.97 Å². The van der Waals surface area contributed by atoms with E-state index in [-0.39, 0.29) is 0 Å². The minimum Gasteiger partial charge on any atom is -0.386 e. The van der Waals surface area contributed by atoms with Crippen molar-refractivity contribution in [1.29, 1.82) is 0 Å². The number of nitrogens with one attached hydrogen (secondary N) is 2. The van der Waals surface area contributed by atoms with Crippen LogP contribution >= 0.6 is 0 Å². The van der Waals surface area contributed by atoms with E-state index in [1.165, 1.54) is 0 Å². The molecule has 0 aliphatic carbocycles. The highest BCUT2D eigenvalue weighted by molar-refractivity contribution is 5.71. The van der Waals surface area contributed by atoms with Crippen molar-refractivity contribution < 1.29 is 0 Å². The number of hydrogen-bond acceptors (Lipinski definition) is 4. The first-order valence-electron chi connectivity index (χ1n) is 7.28. The molecule has 0 unspecified atom stereocenters. The molecule has 0 aliphatic rings. The Bertz CT molecular complexity index is 830. The van der Waals surface area contributed by atoms with Gasteiger partial charge in [0.1, 0.15) is 0 Å². The van der Waals surface area contributed by atoms with Gasteiger partial charge >= 0.3 is 0 Å². The Kier molecular flexibility index (Phi) is 4.51. The van der Waals surface area contributed by atoms with E-state index in [4.69, 9.17) is 0 Å². The normalized spacial score (nSPS) is 9.61. The summed E-state index contributed by atoms with van der Waals surface area (Å²) in [6.45, 7) is 0. The molecule has 0 aliphatic heterocycles. The van der Waals surface area contributed by atoms with Gasteiger partial charge in [0, 0.05) is 25.0 Å². The molecule has 0 atom stereocenters. The van der Waals surface area contributed by atoms with Crippen molar-refractivity contribution in [3.8, 4) is 11.8 Å². The fourth-order valence-corrected chi connectivity index (χ4v) is 2.05. The van der Waals surface area contributed by atoms with Crippen molar-refractivity contribution in [2.24, 2.45) is 0 Å². The molecule has 1 aromatic heterocycles. The molecule has 0 radical (unpaired) electrons. The summed E-state index contributed by atoms with van der Waals surface area (Å²) in [6.07, 6.45) is 3.43. The van der Waals surface area contributed by atoms with E-state index in [1.54, 1.807) is 12.4 Å². The third kappa shape index (κ3) is 3.86. The van der Waals surface area contributed by atoms with Crippen molar-refractivity contribution in [3.63, 3.8) is 0 Å². The van der Waals surface area contributed by atoms with E-state index in [0.717, 1.165) is 22.5 Å². The first kappa shape index (κ1) is 14.6. The highest BCUT2D eigenvalue weighted by atomic mass is 15.1. The number of hydrogen-bond donors (Lipinski definition) is 2. The molecule has 2 N–H and O–H groups in total. The first-order valence-corrected chi connectivity index (χ1v) is 7.28. The van der Waals surface area contributed by atoms with Crippen LogP contribution in [0.3, 0.4) is 0 Å². The monoisotopic (exact) mass is 300 g/mol. The number of benzene rings is 2. The van der Waals surface area contributed by atoms with Crippen LogP contribution in [0, 0.1) is 11.8 Å². The lowest BCUT2D eigenvalue weighted by Crippen LogP contribution is -2.00. The minimum absolute atomic E-state index is 0.540. The minimum atomic E-state index is 0.540. The van der Waals surface area contributed by atoms with Crippen LogP contribution in [0.25, 0.3) is 0 Å². The summed E-state index contributed by atoms with van der Waals surface area (Å²) in [7, 11) is 1.88. The number of nitrogens with zero attached hydrogens (tertiary/aromatic N) is 2. The van der Waals surface area contributed by atoms with Gasteiger partial charge in [-0.15, -0.1) is 0 Å². The molecular formula is C19H16N4. The fourth-order valence-electron chi connectivity index (χ4n) is 2.05. The van der Waals surface area contributed by atoms with Gasteiger partial charge in [-0.2, -0.15) is 0 Å². The summed E-state index contributed by atoms with van der Waals surface area (Å²) in [5, 5.41) is 6.32. The predicted octanol–water partition coefficient (Wildman–Crippen LogP) is 3.66. The van der Waals surface area contributed by atoms with Crippen LogP contribution in [0.15, 0.2) is 67.0 Å². The molecule has 3 aromatic rings. The van der Waals surface area contributed by atoms with E-state index in [9.17, 15) is 0 Å². The maximum atomic E-state index is 4.31. The van der Waals surface area contributed by atoms with Gasteiger partial charge in [0.25, 0.3) is 0 Å². The Morgan fingerprint density at radius 1 is 0.739 bits per heavy atom. The highest BCUT2D eigenvalue weighted by Crippen LogP contribution is 2.22. The van der Waals surface area contributed by atoms with Gasteiger partial charge in [-0.05, 0) is 24.3 Å². The smallest absolute Gasteiger partial charge is 0.227 e. The van der Waals surface area contributed by atoms with Crippen molar-refractivity contribution in [2.75, 3.05) is 17.7 Å². The topological polar surface area (TPSA) is 49.8 Å². The molecular weight excluding hydrogens is 284 g/mol. The zero-order valence-electron chi connectivity index (χ0n) is 12.7. The maximum absolute atomic E-state index is 4.31. The Morgan fingerprint density at radius 2 is 1.35 bits per heavy atom. The van der Waals surface area contributed by atoms with E-state index < -0.39 is 0 Å². The predicted molar refractivity (Wildman–Crippen MR) is 93.7 cm³/mol. The second-order valence-corrected chi connectivity index (χ2v) is 4.83. The van der Waals surface area contributed by atoms with E-state index in [0.29, 0.717) is 5.95 Å². The number of aromatic nitrogens is 2. The van der Waals surface area contributed by atoms with Crippen LogP contribution < -0.4 is 10.6 Å². The van der Waals surface area contributed by atoms with Crippen LogP contribution in [0.5, 0.6) is 0 Å². The molecule has 2 aromatic carbocycles. The van der Waals surface area contributed by atoms with E-state index in [2.05, 4.69) is 32.4 Å². The lowest BCUT2D eigenvalue weighted by atomic mass is 10.2. The second kappa shape index (κ2) is 7.10. The first-order chi connectivity index (χ1) is 11.3. The van der Waals surface area contributed by atoms with Gasteiger partial charge in [-0.3, -0.25) is 0 Å². The molecule has 1 heterocycles. The average molecular weight is 300 g/mol. The number of rotatable bonds is 3. The van der Waals surface area contributed by atoms with Gasteiger partial charge in [-0.1, -0.05) is 42.2 Å². The summed E-state index contributed by atoms with van der Waals surface area (Å²) in [6, 6.07) is 17.7. The largest absolute Gasteiger partial charge is 0.386 e. The molecule has 23 heavy (non-hydrogen) atoms. The summed E-state index contributed by atoms with van der Waals surface area (Å²) >= 11 is 0. The third-order valence-corrected chi connectivity index (χ3v) is 3.22. The second-order valence-electron chi connectivity index (χ2n) is 4.83. The SMILES string of the molecule is CNc1ccccc1Nc1ncc(C#Cc2ccccc2)cn1. The van der Waals surface area contributed by atoms with E-state index >= 15 is 0 Å². The van der Waals surface area contributed by atoms with Gasteiger partial charge < -0.3 is 10.6 Å². The van der Waals surface area contributed by atoms with Gasteiger partial charge in [0.15, 0.2) is 0 Å². The molecule has 3 rings (SSSR count). The Labute approximate surface area is 135 Å². The maximum Gasteiger partial charge on any atom is 0.227 e. The number of anilines is 3. The molecule has 4 heteroatoms. The zero-order chi connectivity index (χ0) is 15.9. The summed E-state index contributed by atoms with van der Waals surface area (Å²) in [5.41, 5.74) is 3.67. The van der Waals surface area contributed by atoms with Crippen LogP contribution in [0.2, 0.25) is 0 Å². The molecule has 0 saturated carbocycles. The molecule has 4 nitrogen and oxygen atoms in total. The van der Waals surface area contributed by atoms with Crippen molar-refractivity contribution in [3.05, 3.63) is 78.1 Å². The lowest BCUT2D eigenvalue weighted by Gasteiger charge is -2.09. The standard InChI is InChI=1S/C19H16N4/c1-20-17-9-5-6-10-18(17)23-19-21-13-16(14-22-19)12-11-15-7-3-2-4-8-15/h2-10,13-14,20H,1H3,(H,21,22,23). The quantitative estimate of drug-likeness (QED) is 0.725.